The molecule has 0 saturated heterocycles. The van der Waals surface area contributed by atoms with E-state index in [0.717, 1.165) is 11.2 Å². The van der Waals surface area contributed by atoms with Crippen LogP contribution >= 0.6 is 0 Å². The zero-order valence-corrected chi connectivity index (χ0v) is 13.1. The van der Waals surface area contributed by atoms with Crippen molar-refractivity contribution >= 4 is 23.3 Å². The second kappa shape index (κ2) is 6.44. The van der Waals surface area contributed by atoms with Gasteiger partial charge < -0.3 is 5.32 Å². The molecule has 0 aliphatic heterocycles. The van der Waals surface area contributed by atoms with Crippen LogP contribution in [-0.2, 0) is 4.79 Å². The van der Waals surface area contributed by atoms with Crippen LogP contribution in [0, 0.1) is 0 Å². The number of rotatable bonds is 4. The first-order valence-corrected chi connectivity index (χ1v) is 7.50. The molecule has 3 aromatic rings. The van der Waals surface area contributed by atoms with E-state index in [-0.39, 0.29) is 5.91 Å². The van der Waals surface area contributed by atoms with Gasteiger partial charge in [0.25, 0.3) is 0 Å². The highest BCUT2D eigenvalue weighted by Crippen LogP contribution is 2.15. The van der Waals surface area contributed by atoms with Gasteiger partial charge in [0.15, 0.2) is 5.65 Å². The Morgan fingerprint density at radius 2 is 1.96 bits per heavy atom. The normalized spacial score (nSPS) is 11.4. The summed E-state index contributed by atoms with van der Waals surface area (Å²) in [6.07, 6.45) is 6.70. The molecule has 1 N–H and O–H groups in total. The Kier molecular flexibility index (Phi) is 4.19. The minimum absolute atomic E-state index is 0.176. The number of aromatic nitrogens is 3. The van der Waals surface area contributed by atoms with Crippen LogP contribution in [-0.4, -0.2) is 20.5 Å². The minimum atomic E-state index is -0.176. The molecule has 5 heteroatoms. The highest BCUT2D eigenvalue weighted by molar-refractivity contribution is 6.01. The Bertz CT molecular complexity index is 847. The second-order valence-electron chi connectivity index (χ2n) is 5.66. The fraction of sp³-hybridized carbons (Fsp3) is 0.167. The van der Waals surface area contributed by atoms with Gasteiger partial charge in [0.05, 0.1) is 5.69 Å². The standard InChI is InChI=1S/C18H18N4O/c1-13(2)15-6-3-14(4-7-15)5-10-18(23)20-16-8-9-17-21-19-12-22(17)11-16/h3-13H,1-2H3,(H,20,23)/b10-5+. The van der Waals surface area contributed by atoms with E-state index in [1.165, 1.54) is 11.6 Å². The molecular formula is C18H18N4O. The van der Waals surface area contributed by atoms with Crippen LogP contribution in [0.2, 0.25) is 0 Å². The van der Waals surface area contributed by atoms with Gasteiger partial charge in [-0.05, 0) is 35.3 Å². The Balaban J connectivity index is 1.66. The number of fused-ring (bicyclic) bond motifs is 1. The van der Waals surface area contributed by atoms with Gasteiger partial charge in [-0.3, -0.25) is 9.20 Å². The molecule has 0 unspecified atom stereocenters. The highest BCUT2D eigenvalue weighted by Gasteiger charge is 2.01. The van der Waals surface area contributed by atoms with Crippen molar-refractivity contribution in [3.05, 3.63) is 66.1 Å². The van der Waals surface area contributed by atoms with Gasteiger partial charge in [-0.2, -0.15) is 0 Å². The molecule has 0 spiro atoms. The SMILES string of the molecule is CC(C)c1ccc(/C=C/C(=O)Nc2ccc3nncn3c2)cc1. The molecule has 23 heavy (non-hydrogen) atoms. The zero-order chi connectivity index (χ0) is 16.2. The lowest BCUT2D eigenvalue weighted by Crippen LogP contribution is -2.08. The van der Waals surface area contributed by atoms with Gasteiger partial charge >= 0.3 is 0 Å². The number of amides is 1. The monoisotopic (exact) mass is 306 g/mol. The number of hydrogen-bond donors (Lipinski definition) is 1. The quantitative estimate of drug-likeness (QED) is 0.750. The third-order valence-corrected chi connectivity index (χ3v) is 3.59. The number of benzene rings is 1. The first kappa shape index (κ1) is 15.0. The van der Waals surface area contributed by atoms with E-state index >= 15 is 0 Å². The molecule has 3 rings (SSSR count). The van der Waals surface area contributed by atoms with E-state index in [0.29, 0.717) is 11.6 Å². The average molecular weight is 306 g/mol. The topological polar surface area (TPSA) is 59.3 Å². The number of pyridine rings is 1. The van der Waals surface area contributed by atoms with E-state index < -0.39 is 0 Å². The van der Waals surface area contributed by atoms with Crippen LogP contribution in [0.25, 0.3) is 11.7 Å². The molecule has 2 aromatic heterocycles. The van der Waals surface area contributed by atoms with Crippen molar-refractivity contribution < 1.29 is 4.79 Å². The number of hydrogen-bond acceptors (Lipinski definition) is 3. The van der Waals surface area contributed by atoms with Crippen LogP contribution in [0.1, 0.15) is 30.9 Å². The second-order valence-corrected chi connectivity index (χ2v) is 5.66. The summed E-state index contributed by atoms with van der Waals surface area (Å²) in [4.78, 5) is 12.0. The number of carbonyl (C=O) groups excluding carboxylic acids is 1. The van der Waals surface area contributed by atoms with E-state index in [2.05, 4.69) is 41.5 Å². The molecule has 0 bridgehead atoms. The van der Waals surface area contributed by atoms with Gasteiger partial charge in [0, 0.05) is 12.3 Å². The maximum absolute atomic E-state index is 12.0. The largest absolute Gasteiger partial charge is 0.321 e. The molecule has 5 nitrogen and oxygen atoms in total. The third-order valence-electron chi connectivity index (χ3n) is 3.59. The summed E-state index contributed by atoms with van der Waals surface area (Å²) >= 11 is 0. The van der Waals surface area contributed by atoms with Crippen LogP contribution in [0.15, 0.2) is 55.0 Å². The predicted octanol–water partition coefficient (Wildman–Crippen LogP) is 3.50. The van der Waals surface area contributed by atoms with E-state index in [1.807, 2.05) is 12.1 Å². The summed E-state index contributed by atoms with van der Waals surface area (Å²) in [6, 6.07) is 11.8. The summed E-state index contributed by atoms with van der Waals surface area (Å²) in [7, 11) is 0. The van der Waals surface area contributed by atoms with Gasteiger partial charge in [-0.25, -0.2) is 0 Å². The molecule has 116 valence electrons. The molecule has 0 saturated carbocycles. The number of anilines is 1. The maximum Gasteiger partial charge on any atom is 0.248 e. The summed E-state index contributed by atoms with van der Waals surface area (Å²) in [5.74, 6) is 0.328. The van der Waals surface area contributed by atoms with Gasteiger partial charge in [-0.1, -0.05) is 38.1 Å². The van der Waals surface area contributed by atoms with Gasteiger partial charge in [-0.15, -0.1) is 10.2 Å². The lowest BCUT2D eigenvalue weighted by Gasteiger charge is -2.05. The Morgan fingerprint density at radius 1 is 1.17 bits per heavy atom. The predicted molar refractivity (Wildman–Crippen MR) is 91.2 cm³/mol. The van der Waals surface area contributed by atoms with Crippen molar-refractivity contribution in [1.29, 1.82) is 0 Å². The molecule has 0 aliphatic carbocycles. The van der Waals surface area contributed by atoms with Gasteiger partial charge in [0.2, 0.25) is 5.91 Å². The van der Waals surface area contributed by atoms with Crippen molar-refractivity contribution in [3.8, 4) is 0 Å². The lowest BCUT2D eigenvalue weighted by atomic mass is 10.0. The Labute approximate surface area is 134 Å². The molecule has 2 heterocycles. The summed E-state index contributed by atoms with van der Waals surface area (Å²) in [6.45, 7) is 4.32. The fourth-order valence-corrected chi connectivity index (χ4v) is 2.25. The molecule has 1 aromatic carbocycles. The zero-order valence-electron chi connectivity index (χ0n) is 13.1. The van der Waals surface area contributed by atoms with Crippen molar-refractivity contribution in [2.24, 2.45) is 0 Å². The minimum Gasteiger partial charge on any atom is -0.321 e. The summed E-state index contributed by atoms with van der Waals surface area (Å²) < 4.78 is 1.75. The average Bonchev–Trinajstić information content (AvgIpc) is 3.01. The first-order chi connectivity index (χ1) is 11.1. The fourth-order valence-electron chi connectivity index (χ4n) is 2.25. The summed E-state index contributed by atoms with van der Waals surface area (Å²) in [5.41, 5.74) is 3.72. The Morgan fingerprint density at radius 3 is 2.70 bits per heavy atom. The molecule has 0 aliphatic rings. The van der Waals surface area contributed by atoms with Crippen molar-refractivity contribution in [2.45, 2.75) is 19.8 Å². The molecule has 0 radical (unpaired) electrons. The number of carbonyl (C=O) groups is 1. The molecule has 0 fully saturated rings. The van der Waals surface area contributed by atoms with Crippen LogP contribution in [0.5, 0.6) is 0 Å². The van der Waals surface area contributed by atoms with E-state index in [1.54, 1.807) is 35.1 Å². The smallest absolute Gasteiger partial charge is 0.248 e. The summed E-state index contributed by atoms with van der Waals surface area (Å²) in [5, 5.41) is 10.5. The molecular weight excluding hydrogens is 288 g/mol. The van der Waals surface area contributed by atoms with Crippen LogP contribution < -0.4 is 5.32 Å². The lowest BCUT2D eigenvalue weighted by molar-refractivity contribution is -0.111. The van der Waals surface area contributed by atoms with Crippen molar-refractivity contribution in [2.75, 3.05) is 5.32 Å². The van der Waals surface area contributed by atoms with Crippen molar-refractivity contribution in [3.63, 3.8) is 0 Å². The van der Waals surface area contributed by atoms with E-state index in [9.17, 15) is 4.79 Å². The molecule has 0 atom stereocenters. The van der Waals surface area contributed by atoms with Crippen LogP contribution in [0.3, 0.4) is 0 Å². The maximum atomic E-state index is 12.0. The van der Waals surface area contributed by atoms with Crippen molar-refractivity contribution in [1.82, 2.24) is 14.6 Å². The first-order valence-electron chi connectivity index (χ1n) is 7.50. The number of nitrogens with one attached hydrogen (secondary N) is 1. The van der Waals surface area contributed by atoms with Crippen LogP contribution in [0.4, 0.5) is 5.69 Å². The Hall–Kier alpha value is -2.95. The third kappa shape index (κ3) is 3.63. The van der Waals surface area contributed by atoms with Gasteiger partial charge in [0.1, 0.15) is 6.33 Å². The molecule has 1 amide bonds. The van der Waals surface area contributed by atoms with E-state index in [4.69, 9.17) is 0 Å². The number of nitrogens with zero attached hydrogens (tertiary/aromatic N) is 3. The highest BCUT2D eigenvalue weighted by atomic mass is 16.1.